The van der Waals surface area contributed by atoms with E-state index in [0.717, 1.165) is 0 Å². The van der Waals surface area contributed by atoms with E-state index in [-0.39, 0.29) is 6.10 Å². The number of ether oxygens (including phenoxy) is 1. The number of rotatable bonds is 2. The fourth-order valence-electron chi connectivity index (χ4n) is 0.351. The van der Waals surface area contributed by atoms with Gasteiger partial charge in [0.1, 0.15) is 0 Å². The van der Waals surface area contributed by atoms with Crippen molar-refractivity contribution in [1.29, 1.82) is 0 Å². The van der Waals surface area contributed by atoms with E-state index < -0.39 is 11.9 Å². The van der Waals surface area contributed by atoms with Gasteiger partial charge >= 0.3 is 11.9 Å². The lowest BCUT2D eigenvalue weighted by molar-refractivity contribution is -0.237. The van der Waals surface area contributed by atoms with E-state index in [0.29, 0.717) is 6.42 Å². The molecule has 0 spiro atoms. The molecule has 0 radical (unpaired) electrons. The molecule has 0 fully saturated rings. The van der Waals surface area contributed by atoms with Crippen LogP contribution in [0.1, 0.15) is 20.3 Å². The van der Waals surface area contributed by atoms with E-state index in [1.54, 1.807) is 13.8 Å². The van der Waals surface area contributed by atoms with Crippen LogP contribution in [0.4, 0.5) is 0 Å². The highest BCUT2D eigenvalue weighted by molar-refractivity contribution is 6.29. The lowest BCUT2D eigenvalue weighted by Crippen LogP contribution is -2.23. The van der Waals surface area contributed by atoms with E-state index in [2.05, 4.69) is 9.62 Å². The van der Waals surface area contributed by atoms with Crippen LogP contribution in [0, 0.1) is 0 Å². The fourth-order valence-corrected chi connectivity index (χ4v) is 0.351. The summed E-state index contributed by atoms with van der Waals surface area (Å²) in [6, 6.07) is 0. The van der Waals surface area contributed by atoms with Gasteiger partial charge < -0.3 is 4.74 Å². The van der Waals surface area contributed by atoms with Crippen LogP contribution in [0.2, 0.25) is 0 Å². The summed E-state index contributed by atoms with van der Waals surface area (Å²) in [5, 5.41) is 7.74. The molecule has 5 nitrogen and oxygen atoms in total. The van der Waals surface area contributed by atoms with Gasteiger partial charge in [0.05, 0.1) is 6.10 Å². The second-order valence-corrected chi connectivity index (χ2v) is 2.00. The lowest BCUT2D eigenvalue weighted by Gasteiger charge is -2.07. The van der Waals surface area contributed by atoms with E-state index in [9.17, 15) is 9.59 Å². The molecular formula is C6H10O5. The van der Waals surface area contributed by atoms with Gasteiger partial charge in [0.25, 0.3) is 0 Å². The summed E-state index contributed by atoms with van der Waals surface area (Å²) < 4.78 is 4.48. The van der Waals surface area contributed by atoms with Crippen molar-refractivity contribution in [3.8, 4) is 0 Å². The standard InChI is InChI=1S/C6H10O5/c1-3-4(2)10-5(7)6(8)11-9/h4,9H,3H2,1-2H3. The van der Waals surface area contributed by atoms with Crippen molar-refractivity contribution in [3.63, 3.8) is 0 Å². The third-order valence-electron chi connectivity index (χ3n) is 1.13. The van der Waals surface area contributed by atoms with Crippen molar-refractivity contribution in [1.82, 2.24) is 0 Å². The lowest BCUT2D eigenvalue weighted by atomic mass is 10.3. The number of esters is 1. The van der Waals surface area contributed by atoms with Gasteiger partial charge in [0.2, 0.25) is 0 Å². The van der Waals surface area contributed by atoms with Crippen molar-refractivity contribution >= 4 is 11.9 Å². The molecule has 0 aliphatic rings. The summed E-state index contributed by atoms with van der Waals surface area (Å²) >= 11 is 0. The zero-order valence-electron chi connectivity index (χ0n) is 6.36. The highest BCUT2D eigenvalue weighted by atomic mass is 17.1. The molecule has 5 heteroatoms. The molecule has 11 heavy (non-hydrogen) atoms. The van der Waals surface area contributed by atoms with Crippen LogP contribution in [0.5, 0.6) is 0 Å². The quantitative estimate of drug-likeness (QED) is 0.274. The predicted molar refractivity (Wildman–Crippen MR) is 34.6 cm³/mol. The first-order valence-electron chi connectivity index (χ1n) is 3.18. The minimum Gasteiger partial charge on any atom is -0.454 e. The highest BCUT2D eigenvalue weighted by Crippen LogP contribution is 1.96. The van der Waals surface area contributed by atoms with Crippen LogP contribution < -0.4 is 0 Å². The van der Waals surface area contributed by atoms with Crippen LogP contribution in [-0.2, 0) is 19.2 Å². The molecule has 0 saturated carbocycles. The molecule has 0 bridgehead atoms. The zero-order valence-corrected chi connectivity index (χ0v) is 6.36. The molecule has 1 atom stereocenters. The Morgan fingerprint density at radius 2 is 2.00 bits per heavy atom. The topological polar surface area (TPSA) is 72.8 Å². The van der Waals surface area contributed by atoms with Crippen molar-refractivity contribution < 1.29 is 24.5 Å². The maximum Gasteiger partial charge on any atom is 0.449 e. The summed E-state index contributed by atoms with van der Waals surface area (Å²) in [5.74, 6) is -2.58. The van der Waals surface area contributed by atoms with Crippen LogP contribution in [0.25, 0.3) is 0 Å². The minimum atomic E-state index is -1.40. The van der Waals surface area contributed by atoms with Gasteiger partial charge in [-0.1, -0.05) is 6.92 Å². The Labute approximate surface area is 63.8 Å². The zero-order chi connectivity index (χ0) is 8.85. The molecular weight excluding hydrogens is 152 g/mol. The molecule has 1 N–H and O–H groups in total. The Kier molecular flexibility index (Phi) is 4.21. The Hall–Kier alpha value is -1.10. The van der Waals surface area contributed by atoms with Crippen LogP contribution in [0.15, 0.2) is 0 Å². The summed E-state index contributed by atoms with van der Waals surface area (Å²) in [5.41, 5.74) is 0. The van der Waals surface area contributed by atoms with Gasteiger partial charge in [-0.3, -0.25) is 4.89 Å². The largest absolute Gasteiger partial charge is 0.454 e. The van der Waals surface area contributed by atoms with Gasteiger partial charge in [-0.05, 0) is 13.3 Å². The van der Waals surface area contributed by atoms with Crippen LogP contribution in [-0.4, -0.2) is 23.3 Å². The molecule has 0 rings (SSSR count). The summed E-state index contributed by atoms with van der Waals surface area (Å²) in [7, 11) is 0. The predicted octanol–water partition coefficient (Wildman–Crippen LogP) is 0.344. The van der Waals surface area contributed by atoms with Crippen molar-refractivity contribution in [2.24, 2.45) is 0 Å². The first kappa shape index (κ1) is 9.90. The molecule has 0 amide bonds. The molecule has 0 aliphatic carbocycles. The smallest absolute Gasteiger partial charge is 0.449 e. The van der Waals surface area contributed by atoms with Gasteiger partial charge in [0, 0.05) is 0 Å². The van der Waals surface area contributed by atoms with Gasteiger partial charge in [-0.15, -0.1) is 0 Å². The maximum absolute atomic E-state index is 10.5. The number of hydrogen-bond donors (Lipinski definition) is 1. The first-order valence-corrected chi connectivity index (χ1v) is 3.18. The molecule has 1 unspecified atom stereocenters. The molecule has 0 aliphatic heterocycles. The van der Waals surface area contributed by atoms with E-state index in [1.807, 2.05) is 0 Å². The SMILES string of the molecule is CCC(C)OC(=O)C(=O)OO. The van der Waals surface area contributed by atoms with Crippen LogP contribution >= 0.6 is 0 Å². The Morgan fingerprint density at radius 3 is 2.36 bits per heavy atom. The summed E-state index contributed by atoms with van der Waals surface area (Å²) in [6.45, 7) is 3.42. The Balaban J connectivity index is 3.77. The van der Waals surface area contributed by atoms with Gasteiger partial charge in [-0.25, -0.2) is 9.59 Å². The second-order valence-electron chi connectivity index (χ2n) is 2.00. The average Bonchev–Trinajstić information content (AvgIpc) is 2.02. The second kappa shape index (κ2) is 4.68. The van der Waals surface area contributed by atoms with Gasteiger partial charge in [-0.2, -0.15) is 5.26 Å². The van der Waals surface area contributed by atoms with Crippen LogP contribution in [0.3, 0.4) is 0 Å². The average molecular weight is 162 g/mol. The van der Waals surface area contributed by atoms with Crippen molar-refractivity contribution in [2.45, 2.75) is 26.4 Å². The highest BCUT2D eigenvalue weighted by Gasteiger charge is 2.19. The molecule has 0 aromatic carbocycles. The molecule has 0 saturated heterocycles. The van der Waals surface area contributed by atoms with Crippen molar-refractivity contribution in [3.05, 3.63) is 0 Å². The third-order valence-corrected chi connectivity index (χ3v) is 1.13. The summed E-state index contributed by atoms with van der Waals surface area (Å²) in [4.78, 5) is 23.8. The normalized spacial score (nSPS) is 11.9. The third kappa shape index (κ3) is 3.57. The summed E-state index contributed by atoms with van der Waals surface area (Å²) in [6.07, 6.45) is 0.256. The first-order chi connectivity index (χ1) is 5.11. The molecule has 0 aromatic rings. The number of hydrogen-bond acceptors (Lipinski definition) is 5. The van der Waals surface area contributed by atoms with E-state index in [4.69, 9.17) is 5.26 Å². The number of carbonyl (C=O) groups excluding carboxylic acids is 2. The fraction of sp³-hybridized carbons (Fsp3) is 0.667. The molecule has 0 aromatic heterocycles. The van der Waals surface area contributed by atoms with Crippen molar-refractivity contribution in [2.75, 3.05) is 0 Å². The maximum atomic E-state index is 10.5. The number of carbonyl (C=O) groups is 2. The minimum absolute atomic E-state index is 0.346. The monoisotopic (exact) mass is 162 g/mol. The molecule has 0 heterocycles. The van der Waals surface area contributed by atoms with E-state index >= 15 is 0 Å². The molecule has 64 valence electrons. The Bertz CT molecular complexity index is 153. The van der Waals surface area contributed by atoms with E-state index in [1.165, 1.54) is 0 Å². The Morgan fingerprint density at radius 1 is 1.45 bits per heavy atom. The van der Waals surface area contributed by atoms with Gasteiger partial charge in [0.15, 0.2) is 0 Å².